The highest BCUT2D eigenvalue weighted by Gasteiger charge is 2.54. The molecule has 138 valence electrons. The minimum Gasteiger partial charge on any atom is -0.231 e. The van der Waals surface area contributed by atoms with Gasteiger partial charge in [-0.25, -0.2) is 21.0 Å². The van der Waals surface area contributed by atoms with Gasteiger partial charge in [0.25, 0.3) is 13.6 Å². The zero-order chi connectivity index (χ0) is 19.0. The molecule has 0 aromatic heterocycles. The molecule has 8 nitrogen and oxygen atoms in total. The molecule has 0 saturated carbocycles. The van der Waals surface area contributed by atoms with Crippen LogP contribution in [-0.4, -0.2) is 53.4 Å². The standard InChI is InChI=1S/C4H3F6NO7S5/c1-22(15,16)2(20(12)13)23(17,18)11(19-3(5,6)7)21(14)4(8,9)10/h1H3. The van der Waals surface area contributed by atoms with Crippen molar-refractivity contribution in [3.05, 3.63) is 0 Å². The monoisotopic (exact) mass is 451 g/mol. The quantitative estimate of drug-likeness (QED) is 0.333. The van der Waals surface area contributed by atoms with Crippen molar-refractivity contribution in [3.63, 3.8) is 0 Å². The molecular weight excluding hydrogens is 448 g/mol. The summed E-state index contributed by atoms with van der Waals surface area (Å²) in [7, 11) is -21.0. The molecule has 0 aliphatic rings. The number of rotatable bonds is 3. The Hall–Kier alpha value is -0.370. The summed E-state index contributed by atoms with van der Waals surface area (Å²) in [6.07, 6.45) is -0.0946. The second-order valence-corrected chi connectivity index (χ2v) is 11.5. The molecule has 0 saturated heterocycles. The van der Waals surface area contributed by atoms with E-state index in [-0.39, 0.29) is 6.26 Å². The summed E-state index contributed by atoms with van der Waals surface area (Å²) in [6.45, 7) is 0. The van der Waals surface area contributed by atoms with Crippen molar-refractivity contribution in [1.29, 1.82) is 0 Å². The lowest BCUT2D eigenvalue weighted by molar-refractivity contribution is -0.0415. The lowest BCUT2D eigenvalue weighted by atomic mass is 11.6. The molecule has 0 radical (unpaired) electrons. The molecule has 0 rings (SSSR count). The van der Waals surface area contributed by atoms with Crippen LogP contribution in [0.1, 0.15) is 0 Å². The van der Waals surface area contributed by atoms with Gasteiger partial charge in [-0.05, 0) is 3.12 Å². The third-order valence-corrected chi connectivity index (χ3v) is 10.4. The van der Waals surface area contributed by atoms with Crippen molar-refractivity contribution in [2.45, 2.75) is 11.0 Å². The number of sulfonamides is 1. The Morgan fingerprint density at radius 1 is 0.957 bits per heavy atom. The van der Waals surface area contributed by atoms with Crippen LogP contribution in [0.25, 0.3) is 0 Å². The predicted molar refractivity (Wildman–Crippen MR) is 67.4 cm³/mol. The van der Waals surface area contributed by atoms with Gasteiger partial charge in [0.2, 0.25) is 31.1 Å². The first-order valence-electron chi connectivity index (χ1n) is 4.28. The van der Waals surface area contributed by atoms with E-state index in [0.29, 0.717) is 0 Å². The summed E-state index contributed by atoms with van der Waals surface area (Å²) in [5.74, 6) is 0. The smallest absolute Gasteiger partial charge is 0.231 e. The minimum absolute atomic E-state index is 0.0946. The van der Waals surface area contributed by atoms with E-state index in [4.69, 9.17) is 0 Å². The number of sulfone groups is 1. The molecule has 23 heavy (non-hydrogen) atoms. The molecule has 0 aliphatic carbocycles. The maximum absolute atomic E-state index is 12.3. The van der Waals surface area contributed by atoms with Crippen molar-refractivity contribution >= 4 is 56.6 Å². The lowest BCUT2D eigenvalue weighted by Crippen LogP contribution is -2.42. The van der Waals surface area contributed by atoms with Crippen molar-refractivity contribution in [3.8, 4) is 0 Å². The molecule has 19 heteroatoms. The molecule has 0 spiro atoms. The highest BCUT2D eigenvalue weighted by molar-refractivity contribution is 8.42. The first-order chi connectivity index (χ1) is 9.82. The van der Waals surface area contributed by atoms with E-state index in [0.717, 1.165) is 0 Å². The molecular formula is C4H3F6NO7S5. The highest BCUT2D eigenvalue weighted by atomic mass is 32.3. The van der Waals surface area contributed by atoms with Gasteiger partial charge >= 0.3 is 11.0 Å². The van der Waals surface area contributed by atoms with E-state index in [1.807, 2.05) is 0 Å². The summed E-state index contributed by atoms with van der Waals surface area (Å²) in [6, 6.07) is 0. The van der Waals surface area contributed by atoms with Gasteiger partial charge < -0.3 is 0 Å². The minimum atomic E-state index is -6.46. The molecule has 1 atom stereocenters. The van der Waals surface area contributed by atoms with Crippen LogP contribution in [0.3, 0.4) is 0 Å². The average Bonchev–Trinajstić information content (AvgIpc) is 2.18. The second kappa shape index (κ2) is 6.86. The van der Waals surface area contributed by atoms with Crippen molar-refractivity contribution < 1.29 is 55.8 Å². The Morgan fingerprint density at radius 3 is 1.57 bits per heavy atom. The highest BCUT2D eigenvalue weighted by Crippen LogP contribution is 2.40. The SMILES string of the molecule is CS(=O)(=O)C(=S(=O)=O)S(=O)(=O)N(SC(F)(F)F)S(=O)C(F)(F)F. The number of alkyl halides is 6. The van der Waals surface area contributed by atoms with Gasteiger partial charge in [-0.15, -0.1) is 0 Å². The van der Waals surface area contributed by atoms with Gasteiger partial charge in [-0.2, -0.15) is 34.8 Å². The zero-order valence-electron chi connectivity index (χ0n) is 10.1. The van der Waals surface area contributed by atoms with Crippen LogP contribution >= 0.6 is 11.9 Å². The Bertz CT molecular complexity index is 825. The molecule has 0 heterocycles. The molecule has 0 bridgehead atoms. The predicted octanol–water partition coefficient (Wildman–Crippen LogP) is -0.0192. The third-order valence-electron chi connectivity index (χ3n) is 1.36. The van der Waals surface area contributed by atoms with Crippen molar-refractivity contribution in [1.82, 2.24) is 3.12 Å². The van der Waals surface area contributed by atoms with E-state index in [1.54, 1.807) is 0 Å². The van der Waals surface area contributed by atoms with E-state index in [1.165, 1.54) is 0 Å². The molecule has 1 unspecified atom stereocenters. The van der Waals surface area contributed by atoms with Gasteiger partial charge in [0.05, 0.1) is 11.9 Å². The van der Waals surface area contributed by atoms with E-state index in [2.05, 4.69) is 0 Å². The van der Waals surface area contributed by atoms with Gasteiger partial charge in [0.15, 0.2) is 0 Å². The Balaban J connectivity index is 6.64. The number of nitrogens with zero attached hydrogens (tertiary/aromatic N) is 1. The third kappa shape index (κ3) is 6.21. The molecule has 0 amide bonds. The number of halogens is 6. The Kier molecular flexibility index (Phi) is 6.75. The van der Waals surface area contributed by atoms with Crippen LogP contribution < -0.4 is 0 Å². The van der Waals surface area contributed by atoms with Crippen LogP contribution in [0, 0.1) is 0 Å². The lowest BCUT2D eigenvalue weighted by Gasteiger charge is -2.20. The first-order valence-corrected chi connectivity index (χ1v) is 10.6. The van der Waals surface area contributed by atoms with Gasteiger partial charge in [-0.1, -0.05) is 0 Å². The normalized spacial score (nSPS) is 15.5. The molecule has 0 aromatic rings. The maximum Gasteiger partial charge on any atom is 0.487 e. The fourth-order valence-electron chi connectivity index (χ4n) is 0.803. The fourth-order valence-corrected chi connectivity index (χ4v) is 8.32. The topological polar surface area (TPSA) is 123 Å². The molecule has 0 aromatic carbocycles. The van der Waals surface area contributed by atoms with Crippen LogP contribution in [-0.2, 0) is 41.1 Å². The maximum atomic E-state index is 12.3. The Labute approximate surface area is 133 Å². The van der Waals surface area contributed by atoms with Crippen LogP contribution in [0.15, 0.2) is 0 Å². The summed E-state index contributed by atoms with van der Waals surface area (Å²) < 4.78 is 146. The summed E-state index contributed by atoms with van der Waals surface area (Å²) in [4.78, 5) is 0. The van der Waals surface area contributed by atoms with Gasteiger partial charge in [-0.3, -0.25) is 0 Å². The van der Waals surface area contributed by atoms with Crippen LogP contribution in [0.2, 0.25) is 0 Å². The van der Waals surface area contributed by atoms with E-state index >= 15 is 0 Å². The fraction of sp³-hybridized carbons (Fsp3) is 0.750. The number of hydrogen-bond donors (Lipinski definition) is 0. The molecule has 0 N–H and O–H groups in total. The zero-order valence-corrected chi connectivity index (χ0v) is 14.2. The van der Waals surface area contributed by atoms with E-state index in [9.17, 15) is 55.8 Å². The summed E-state index contributed by atoms with van der Waals surface area (Å²) >= 11 is -2.13. The van der Waals surface area contributed by atoms with Crippen molar-refractivity contribution in [2.75, 3.05) is 6.26 Å². The molecule has 0 fully saturated rings. The van der Waals surface area contributed by atoms with E-state index < -0.39 is 70.7 Å². The second-order valence-electron chi connectivity index (χ2n) is 3.19. The molecule has 0 aliphatic heterocycles. The van der Waals surface area contributed by atoms with Gasteiger partial charge in [0, 0.05) is 6.26 Å². The Morgan fingerprint density at radius 2 is 1.35 bits per heavy atom. The van der Waals surface area contributed by atoms with Gasteiger partial charge in [0.1, 0.15) is 0 Å². The van der Waals surface area contributed by atoms with Crippen molar-refractivity contribution in [2.24, 2.45) is 0 Å². The summed E-state index contributed by atoms with van der Waals surface area (Å²) in [5, 5.41) is 0. The van der Waals surface area contributed by atoms with Crippen LogP contribution in [0.5, 0.6) is 0 Å². The van der Waals surface area contributed by atoms with Crippen LogP contribution in [0.4, 0.5) is 26.3 Å². The summed E-state index contributed by atoms with van der Waals surface area (Å²) in [5.41, 5.74) is -11.8. The largest absolute Gasteiger partial charge is 0.487 e. The average molecular weight is 451 g/mol. The first kappa shape index (κ1) is 22.6. The number of hydrogen-bond acceptors (Lipinski definition) is 8.